The molecule has 6 heteroatoms. The summed E-state index contributed by atoms with van der Waals surface area (Å²) in [5.41, 5.74) is 7.68. The number of aromatic amines is 1. The van der Waals surface area contributed by atoms with Gasteiger partial charge in [-0.2, -0.15) is 0 Å². The van der Waals surface area contributed by atoms with Gasteiger partial charge in [-0.15, -0.1) is 0 Å². The minimum Gasteiger partial charge on any atom is -0.481 e. The molecule has 1 heterocycles. The summed E-state index contributed by atoms with van der Waals surface area (Å²) in [5, 5.41) is 18.5. The summed E-state index contributed by atoms with van der Waals surface area (Å²) in [5.74, 6) is -2.01. The Morgan fingerprint density at radius 3 is 2.63 bits per heavy atom. The third-order valence-electron chi connectivity index (χ3n) is 2.97. The van der Waals surface area contributed by atoms with Gasteiger partial charge in [0, 0.05) is 23.5 Å². The van der Waals surface area contributed by atoms with Crippen molar-refractivity contribution in [3.63, 3.8) is 0 Å². The molecule has 5 N–H and O–H groups in total. The lowest BCUT2D eigenvalue weighted by Crippen LogP contribution is -2.32. The predicted molar refractivity (Wildman–Crippen MR) is 69.0 cm³/mol. The molecule has 0 fully saturated rings. The van der Waals surface area contributed by atoms with Crippen LogP contribution in [0.25, 0.3) is 10.9 Å². The first kappa shape index (κ1) is 13.1. The van der Waals surface area contributed by atoms with Gasteiger partial charge in [-0.05, 0) is 17.2 Å². The largest absolute Gasteiger partial charge is 0.481 e. The van der Waals surface area contributed by atoms with Crippen LogP contribution in [0.1, 0.15) is 11.1 Å². The Labute approximate surface area is 108 Å². The number of nitrogens with one attached hydrogen (secondary N) is 1. The number of benzene rings is 1. The quantitative estimate of drug-likeness (QED) is 0.634. The van der Waals surface area contributed by atoms with Gasteiger partial charge in [-0.3, -0.25) is 9.59 Å². The van der Waals surface area contributed by atoms with E-state index in [9.17, 15) is 9.59 Å². The van der Waals surface area contributed by atoms with E-state index in [1.54, 1.807) is 18.3 Å². The highest BCUT2D eigenvalue weighted by Crippen LogP contribution is 2.24. The Kier molecular flexibility index (Phi) is 3.52. The Bertz CT molecular complexity index is 633. The number of nitrogens with two attached hydrogens (primary N) is 1. The van der Waals surface area contributed by atoms with Crippen LogP contribution in [0.4, 0.5) is 0 Å². The monoisotopic (exact) mass is 262 g/mol. The summed E-state index contributed by atoms with van der Waals surface area (Å²) in [7, 11) is 0. The van der Waals surface area contributed by atoms with Crippen LogP contribution in [0.15, 0.2) is 24.4 Å². The van der Waals surface area contributed by atoms with Gasteiger partial charge < -0.3 is 20.9 Å². The fourth-order valence-corrected chi connectivity index (χ4v) is 2.13. The molecule has 0 saturated carbocycles. The van der Waals surface area contributed by atoms with E-state index >= 15 is 0 Å². The molecule has 0 amide bonds. The number of carboxylic acids is 2. The van der Waals surface area contributed by atoms with Crippen LogP contribution in [0.2, 0.25) is 0 Å². The highest BCUT2D eigenvalue weighted by atomic mass is 16.4. The fourth-order valence-electron chi connectivity index (χ4n) is 2.13. The minimum absolute atomic E-state index is 0.107. The molecule has 2 rings (SSSR count). The minimum atomic E-state index is -1.08. The first-order valence-corrected chi connectivity index (χ1v) is 5.77. The lowest BCUT2D eigenvalue weighted by atomic mass is 10.00. The Balaban J connectivity index is 2.44. The first-order chi connectivity index (χ1) is 8.99. The molecule has 6 nitrogen and oxygen atoms in total. The van der Waals surface area contributed by atoms with Crippen molar-refractivity contribution in [1.82, 2.24) is 4.98 Å². The third-order valence-corrected chi connectivity index (χ3v) is 2.97. The van der Waals surface area contributed by atoms with Crippen molar-refractivity contribution < 1.29 is 19.8 Å². The maximum absolute atomic E-state index is 10.8. The average Bonchev–Trinajstić information content (AvgIpc) is 2.72. The normalized spacial score (nSPS) is 12.5. The van der Waals surface area contributed by atoms with Gasteiger partial charge in [0.15, 0.2) is 0 Å². The second-order valence-electron chi connectivity index (χ2n) is 4.37. The molecule has 0 aliphatic heterocycles. The van der Waals surface area contributed by atoms with Gasteiger partial charge in [-0.1, -0.05) is 12.1 Å². The molecule has 0 bridgehead atoms. The summed E-state index contributed by atoms with van der Waals surface area (Å²) < 4.78 is 0. The molecule has 0 aliphatic rings. The Morgan fingerprint density at radius 1 is 1.26 bits per heavy atom. The molecule has 1 aromatic heterocycles. The average molecular weight is 262 g/mol. The van der Waals surface area contributed by atoms with Crippen LogP contribution in [0, 0.1) is 0 Å². The second-order valence-corrected chi connectivity index (χ2v) is 4.37. The summed E-state index contributed by atoms with van der Waals surface area (Å²) in [6.45, 7) is 0. The summed E-state index contributed by atoms with van der Waals surface area (Å²) in [4.78, 5) is 24.6. The lowest BCUT2D eigenvalue weighted by Gasteiger charge is -2.07. The van der Waals surface area contributed by atoms with Crippen LogP contribution < -0.4 is 5.73 Å². The topological polar surface area (TPSA) is 116 Å². The SMILES string of the molecule is N[C@@H](Cc1c[nH]c2cccc(CC(=O)O)c12)C(=O)O. The number of fused-ring (bicyclic) bond motifs is 1. The molecule has 0 unspecified atom stereocenters. The molecule has 100 valence electrons. The number of hydrogen-bond donors (Lipinski definition) is 4. The van der Waals surface area contributed by atoms with Gasteiger partial charge in [0.05, 0.1) is 6.42 Å². The van der Waals surface area contributed by atoms with Crippen LogP contribution in [0.5, 0.6) is 0 Å². The lowest BCUT2D eigenvalue weighted by molar-refractivity contribution is -0.138. The van der Waals surface area contributed by atoms with Crippen LogP contribution in [-0.4, -0.2) is 33.2 Å². The van der Waals surface area contributed by atoms with Crippen LogP contribution in [-0.2, 0) is 22.4 Å². The summed E-state index contributed by atoms with van der Waals surface area (Å²) >= 11 is 0. The van der Waals surface area contributed by atoms with Crippen molar-refractivity contribution >= 4 is 22.8 Å². The van der Waals surface area contributed by atoms with Crippen molar-refractivity contribution in [3.8, 4) is 0 Å². The van der Waals surface area contributed by atoms with Gasteiger partial charge in [-0.25, -0.2) is 0 Å². The predicted octanol–water partition coefficient (Wildman–Crippen LogP) is 0.749. The van der Waals surface area contributed by atoms with Crippen molar-refractivity contribution in [2.24, 2.45) is 5.73 Å². The number of aromatic nitrogens is 1. The third kappa shape index (κ3) is 2.74. The Morgan fingerprint density at radius 2 is 2.00 bits per heavy atom. The van der Waals surface area contributed by atoms with E-state index in [-0.39, 0.29) is 12.8 Å². The van der Waals surface area contributed by atoms with Crippen LogP contribution in [0.3, 0.4) is 0 Å². The van der Waals surface area contributed by atoms with Gasteiger partial charge >= 0.3 is 11.9 Å². The first-order valence-electron chi connectivity index (χ1n) is 5.77. The summed E-state index contributed by atoms with van der Waals surface area (Å²) in [6.07, 6.45) is 1.73. The number of aliphatic carboxylic acids is 2. The molecule has 0 spiro atoms. The molecular formula is C13H14N2O4. The van der Waals surface area contributed by atoms with E-state index in [4.69, 9.17) is 15.9 Å². The van der Waals surface area contributed by atoms with Crippen LogP contribution >= 0.6 is 0 Å². The smallest absolute Gasteiger partial charge is 0.320 e. The summed E-state index contributed by atoms with van der Waals surface area (Å²) in [6, 6.07) is 4.30. The van der Waals surface area contributed by atoms with Gasteiger partial charge in [0.25, 0.3) is 0 Å². The standard InChI is InChI=1S/C13H14N2O4/c14-9(13(18)19)4-8-6-15-10-3-1-2-7(12(8)10)5-11(16)17/h1-3,6,9,15H,4-5,14H2,(H,16,17)(H,18,19)/t9-/m0/s1. The van der Waals surface area contributed by atoms with Crippen molar-refractivity contribution in [3.05, 3.63) is 35.5 Å². The van der Waals surface area contributed by atoms with E-state index in [2.05, 4.69) is 4.98 Å². The maximum Gasteiger partial charge on any atom is 0.320 e. The van der Waals surface area contributed by atoms with Gasteiger partial charge in [0.2, 0.25) is 0 Å². The Hall–Kier alpha value is -2.34. The molecule has 0 radical (unpaired) electrons. The van der Waals surface area contributed by atoms with Crippen molar-refractivity contribution in [2.75, 3.05) is 0 Å². The molecule has 1 aromatic carbocycles. The zero-order chi connectivity index (χ0) is 14.0. The zero-order valence-corrected chi connectivity index (χ0v) is 10.1. The zero-order valence-electron chi connectivity index (χ0n) is 10.1. The van der Waals surface area contributed by atoms with E-state index in [0.29, 0.717) is 5.56 Å². The molecule has 0 aliphatic carbocycles. The second kappa shape index (κ2) is 5.11. The molecular weight excluding hydrogens is 248 g/mol. The number of carboxylic acid groups (broad SMARTS) is 2. The number of rotatable bonds is 5. The highest BCUT2D eigenvalue weighted by Gasteiger charge is 2.17. The van der Waals surface area contributed by atoms with E-state index in [1.165, 1.54) is 0 Å². The molecule has 1 atom stereocenters. The number of carbonyl (C=O) groups is 2. The van der Waals surface area contributed by atoms with E-state index < -0.39 is 18.0 Å². The maximum atomic E-state index is 10.8. The number of H-pyrrole nitrogens is 1. The fraction of sp³-hybridized carbons (Fsp3) is 0.231. The van der Waals surface area contributed by atoms with E-state index in [0.717, 1.165) is 16.5 Å². The highest BCUT2D eigenvalue weighted by molar-refractivity contribution is 5.90. The number of hydrogen-bond acceptors (Lipinski definition) is 3. The van der Waals surface area contributed by atoms with Crippen molar-refractivity contribution in [2.45, 2.75) is 18.9 Å². The molecule has 19 heavy (non-hydrogen) atoms. The van der Waals surface area contributed by atoms with Crippen molar-refractivity contribution in [1.29, 1.82) is 0 Å². The molecule has 0 saturated heterocycles. The van der Waals surface area contributed by atoms with E-state index in [1.807, 2.05) is 6.07 Å². The molecule has 2 aromatic rings. The van der Waals surface area contributed by atoms with Gasteiger partial charge in [0.1, 0.15) is 6.04 Å².